The molecule has 0 aromatic heterocycles. The lowest BCUT2D eigenvalue weighted by Crippen LogP contribution is -2.47. The number of rotatable bonds is 6. The Balaban J connectivity index is 2.04. The molecule has 0 radical (unpaired) electrons. The zero-order valence-corrected chi connectivity index (χ0v) is 14.1. The molecule has 0 unspecified atom stereocenters. The summed E-state index contributed by atoms with van der Waals surface area (Å²) in [5, 5.41) is 10.9. The molecule has 128 valence electrons. The Morgan fingerprint density at radius 1 is 1.26 bits per heavy atom. The van der Waals surface area contributed by atoms with E-state index in [-0.39, 0.29) is 11.4 Å². The maximum Gasteiger partial charge on any atom is 0.271 e. The number of ether oxygens (including phenoxy) is 1. The molecule has 0 amide bonds. The van der Waals surface area contributed by atoms with Gasteiger partial charge in [-0.1, -0.05) is 0 Å². The maximum atomic E-state index is 11.2. The van der Waals surface area contributed by atoms with Crippen LogP contribution in [-0.2, 0) is 9.84 Å². The van der Waals surface area contributed by atoms with Crippen LogP contribution in [0.15, 0.2) is 18.2 Å². The van der Waals surface area contributed by atoms with Gasteiger partial charge < -0.3 is 9.64 Å². The molecule has 0 N–H and O–H groups in total. The van der Waals surface area contributed by atoms with Gasteiger partial charge in [0, 0.05) is 51.1 Å². The second-order valence-electron chi connectivity index (χ2n) is 5.57. The molecule has 0 aliphatic carbocycles. The van der Waals surface area contributed by atoms with Crippen molar-refractivity contribution < 1.29 is 18.1 Å². The smallest absolute Gasteiger partial charge is 0.271 e. The van der Waals surface area contributed by atoms with Crippen molar-refractivity contribution in [2.24, 2.45) is 0 Å². The molecule has 1 saturated heterocycles. The average Bonchev–Trinajstić information content (AvgIpc) is 2.52. The van der Waals surface area contributed by atoms with Gasteiger partial charge >= 0.3 is 0 Å². The molecule has 0 bridgehead atoms. The average molecular weight is 343 g/mol. The van der Waals surface area contributed by atoms with Crippen LogP contribution in [0.1, 0.15) is 0 Å². The number of non-ortho nitro benzene ring substituents is 1. The fourth-order valence-corrected chi connectivity index (χ4v) is 3.14. The summed E-state index contributed by atoms with van der Waals surface area (Å²) >= 11 is 0. The molecule has 8 nitrogen and oxygen atoms in total. The Labute approximate surface area is 135 Å². The lowest BCUT2D eigenvalue weighted by molar-refractivity contribution is -0.384. The first-order valence-corrected chi connectivity index (χ1v) is 9.33. The van der Waals surface area contributed by atoms with Crippen molar-refractivity contribution in [2.45, 2.75) is 0 Å². The highest BCUT2D eigenvalue weighted by Crippen LogP contribution is 2.32. The summed E-state index contributed by atoms with van der Waals surface area (Å²) in [6.45, 7) is 3.27. The number of nitro benzene ring substituents is 1. The molecule has 1 aromatic rings. The van der Waals surface area contributed by atoms with E-state index in [0.717, 1.165) is 0 Å². The summed E-state index contributed by atoms with van der Waals surface area (Å²) in [5.74, 6) is 0.743. The first kappa shape index (κ1) is 17.5. The van der Waals surface area contributed by atoms with E-state index in [9.17, 15) is 18.5 Å². The summed E-state index contributed by atoms with van der Waals surface area (Å²) in [4.78, 5) is 14.6. The predicted octanol–water partition coefficient (Wildman–Crippen LogP) is 0.770. The molecule has 9 heteroatoms. The van der Waals surface area contributed by atoms with Crippen LogP contribution in [0.4, 0.5) is 11.4 Å². The van der Waals surface area contributed by atoms with Crippen LogP contribution >= 0.6 is 0 Å². The highest BCUT2D eigenvalue weighted by atomic mass is 32.2. The van der Waals surface area contributed by atoms with Crippen molar-refractivity contribution in [2.75, 3.05) is 56.7 Å². The van der Waals surface area contributed by atoms with E-state index in [1.807, 2.05) is 4.90 Å². The SMILES string of the molecule is COc1ccc([N+](=O)[O-])cc1N1CCN(CCS(C)(=O)=O)CC1. The molecule has 0 saturated carbocycles. The quantitative estimate of drug-likeness (QED) is 0.556. The van der Waals surface area contributed by atoms with Crippen molar-refractivity contribution in [3.8, 4) is 5.75 Å². The zero-order chi connectivity index (χ0) is 17.0. The van der Waals surface area contributed by atoms with Crippen LogP contribution in [0, 0.1) is 10.1 Å². The Morgan fingerprint density at radius 2 is 1.91 bits per heavy atom. The van der Waals surface area contributed by atoms with Gasteiger partial charge in [0.25, 0.3) is 5.69 Å². The largest absolute Gasteiger partial charge is 0.495 e. The number of anilines is 1. The van der Waals surface area contributed by atoms with Crippen LogP contribution in [-0.4, -0.2) is 70.1 Å². The second kappa shape index (κ2) is 7.14. The van der Waals surface area contributed by atoms with Crippen molar-refractivity contribution in [3.63, 3.8) is 0 Å². The zero-order valence-electron chi connectivity index (χ0n) is 13.3. The molecule has 0 spiro atoms. The molecule has 1 aliphatic rings. The van der Waals surface area contributed by atoms with Crippen LogP contribution in [0.25, 0.3) is 0 Å². The van der Waals surface area contributed by atoms with E-state index in [4.69, 9.17) is 4.74 Å². The summed E-state index contributed by atoms with van der Waals surface area (Å²) in [7, 11) is -1.43. The van der Waals surface area contributed by atoms with E-state index < -0.39 is 14.8 Å². The monoisotopic (exact) mass is 343 g/mol. The first-order valence-electron chi connectivity index (χ1n) is 7.27. The fourth-order valence-electron chi connectivity index (χ4n) is 2.55. The fraction of sp³-hybridized carbons (Fsp3) is 0.571. The first-order chi connectivity index (χ1) is 10.8. The van der Waals surface area contributed by atoms with Crippen molar-refractivity contribution >= 4 is 21.2 Å². The number of benzene rings is 1. The molecule has 1 heterocycles. The normalized spacial score (nSPS) is 16.3. The topological polar surface area (TPSA) is 93.0 Å². The highest BCUT2D eigenvalue weighted by molar-refractivity contribution is 7.90. The van der Waals surface area contributed by atoms with Gasteiger partial charge in [-0.25, -0.2) is 8.42 Å². The van der Waals surface area contributed by atoms with E-state index >= 15 is 0 Å². The lowest BCUT2D eigenvalue weighted by atomic mass is 10.2. The number of nitro groups is 1. The summed E-state index contributed by atoms with van der Waals surface area (Å²) in [6, 6.07) is 4.54. The number of nitrogens with zero attached hydrogens (tertiary/aromatic N) is 3. The molecule has 23 heavy (non-hydrogen) atoms. The van der Waals surface area contributed by atoms with E-state index in [1.54, 1.807) is 6.07 Å². The third-order valence-corrected chi connectivity index (χ3v) is 4.79. The maximum absolute atomic E-state index is 11.2. The summed E-state index contributed by atoms with van der Waals surface area (Å²) < 4.78 is 27.7. The standard InChI is InChI=1S/C14H21N3O5S/c1-22-14-4-3-12(17(18)19)11-13(14)16-7-5-15(6-8-16)9-10-23(2,20)21/h3-4,11H,5-10H2,1-2H3. The predicted molar refractivity (Wildman–Crippen MR) is 88.0 cm³/mol. The highest BCUT2D eigenvalue weighted by Gasteiger charge is 2.22. The van der Waals surface area contributed by atoms with Gasteiger partial charge in [-0.05, 0) is 6.07 Å². The van der Waals surface area contributed by atoms with E-state index in [2.05, 4.69) is 4.90 Å². The Morgan fingerprint density at radius 3 is 2.43 bits per heavy atom. The van der Waals surface area contributed by atoms with Crippen LogP contribution < -0.4 is 9.64 Å². The summed E-state index contributed by atoms with van der Waals surface area (Å²) in [5.41, 5.74) is 0.727. The third-order valence-electron chi connectivity index (χ3n) is 3.86. The van der Waals surface area contributed by atoms with E-state index in [0.29, 0.717) is 44.2 Å². The van der Waals surface area contributed by atoms with Gasteiger partial charge in [0.1, 0.15) is 15.6 Å². The van der Waals surface area contributed by atoms with Crippen molar-refractivity contribution in [1.29, 1.82) is 0 Å². The minimum absolute atomic E-state index is 0.0281. The number of hydrogen-bond donors (Lipinski definition) is 0. The van der Waals surface area contributed by atoms with Gasteiger partial charge in [-0.2, -0.15) is 0 Å². The second-order valence-corrected chi connectivity index (χ2v) is 7.83. The van der Waals surface area contributed by atoms with Gasteiger partial charge in [0.05, 0.1) is 23.5 Å². The number of sulfone groups is 1. The molecule has 1 aliphatic heterocycles. The Bertz CT molecular complexity index is 669. The Hall–Kier alpha value is -1.87. The minimum Gasteiger partial charge on any atom is -0.495 e. The number of methoxy groups -OCH3 is 1. The number of piperazine rings is 1. The molecule has 0 atom stereocenters. The molecule has 1 aromatic carbocycles. The molecule has 2 rings (SSSR count). The molecular formula is C14H21N3O5S. The van der Waals surface area contributed by atoms with E-state index in [1.165, 1.54) is 25.5 Å². The van der Waals surface area contributed by atoms with Crippen LogP contribution in [0.3, 0.4) is 0 Å². The Kier molecular flexibility index (Phi) is 5.42. The lowest BCUT2D eigenvalue weighted by Gasteiger charge is -2.36. The molecule has 1 fully saturated rings. The van der Waals surface area contributed by atoms with Gasteiger partial charge in [-0.15, -0.1) is 0 Å². The molecular weight excluding hydrogens is 322 g/mol. The van der Waals surface area contributed by atoms with Gasteiger partial charge in [0.15, 0.2) is 0 Å². The third kappa shape index (κ3) is 4.80. The minimum atomic E-state index is -2.97. The van der Waals surface area contributed by atoms with Crippen molar-refractivity contribution in [3.05, 3.63) is 28.3 Å². The summed E-state index contributed by atoms with van der Waals surface area (Å²) in [6.07, 6.45) is 1.23. The van der Waals surface area contributed by atoms with Gasteiger partial charge in [0.2, 0.25) is 0 Å². The van der Waals surface area contributed by atoms with Crippen LogP contribution in [0.5, 0.6) is 5.75 Å². The van der Waals surface area contributed by atoms with Crippen LogP contribution in [0.2, 0.25) is 0 Å². The van der Waals surface area contributed by atoms with Crippen molar-refractivity contribution in [1.82, 2.24) is 4.90 Å². The number of hydrogen-bond acceptors (Lipinski definition) is 7. The van der Waals surface area contributed by atoms with Gasteiger partial charge in [-0.3, -0.25) is 15.0 Å².